The summed E-state index contributed by atoms with van der Waals surface area (Å²) in [6.07, 6.45) is 3.87. The van der Waals surface area contributed by atoms with E-state index in [1.807, 2.05) is 14.0 Å². The van der Waals surface area contributed by atoms with Gasteiger partial charge < -0.3 is 15.0 Å². The number of rotatable bonds is 3. The fraction of sp³-hybridized carbons (Fsp3) is 0.611. The summed E-state index contributed by atoms with van der Waals surface area (Å²) in [5, 5.41) is 3.02. The van der Waals surface area contributed by atoms with Gasteiger partial charge in [0.05, 0.1) is 6.61 Å². The molecule has 0 unspecified atom stereocenters. The Morgan fingerprint density at radius 3 is 2.84 bits per heavy atom. The number of likely N-dealkylation sites (N-methyl/N-ethyl adjacent to an activating group) is 1. The van der Waals surface area contributed by atoms with E-state index >= 15 is 0 Å². The van der Waals surface area contributed by atoms with Crippen molar-refractivity contribution in [1.29, 1.82) is 0 Å². The predicted molar refractivity (Wildman–Crippen MR) is 93.5 cm³/mol. The Bertz CT molecular complexity index is 641. The molecule has 3 heterocycles. The van der Waals surface area contributed by atoms with E-state index in [1.54, 1.807) is 23.2 Å². The predicted octanol–water partition coefficient (Wildman–Crippen LogP) is 0.907. The average molecular weight is 346 g/mol. The second-order valence-corrected chi connectivity index (χ2v) is 6.64. The maximum Gasteiger partial charge on any atom is 0.259 e. The summed E-state index contributed by atoms with van der Waals surface area (Å²) < 4.78 is 5.48. The Morgan fingerprint density at radius 2 is 2.12 bits per heavy atom. The van der Waals surface area contributed by atoms with Crippen LogP contribution in [0.2, 0.25) is 0 Å². The molecule has 25 heavy (non-hydrogen) atoms. The quantitative estimate of drug-likeness (QED) is 0.880. The molecule has 2 fully saturated rings. The van der Waals surface area contributed by atoms with Crippen LogP contribution in [0.3, 0.4) is 0 Å². The SMILES string of the molecule is CCOc1ncccc1C(=O)N1CCC2(CC1)C(=O)NCCCN2C. The van der Waals surface area contributed by atoms with Crippen molar-refractivity contribution in [2.75, 3.05) is 39.8 Å². The van der Waals surface area contributed by atoms with Crippen molar-refractivity contribution >= 4 is 11.8 Å². The monoisotopic (exact) mass is 346 g/mol. The minimum atomic E-state index is -0.495. The number of hydrogen-bond acceptors (Lipinski definition) is 5. The minimum absolute atomic E-state index is 0.0805. The molecule has 2 saturated heterocycles. The van der Waals surface area contributed by atoms with E-state index in [4.69, 9.17) is 4.74 Å². The summed E-state index contributed by atoms with van der Waals surface area (Å²) in [7, 11) is 2.01. The molecule has 1 N–H and O–H groups in total. The van der Waals surface area contributed by atoms with Crippen LogP contribution in [0, 0.1) is 0 Å². The highest BCUT2D eigenvalue weighted by atomic mass is 16.5. The summed E-state index contributed by atoms with van der Waals surface area (Å²) in [6.45, 7) is 5.05. The van der Waals surface area contributed by atoms with Gasteiger partial charge >= 0.3 is 0 Å². The van der Waals surface area contributed by atoms with Crippen LogP contribution in [0.15, 0.2) is 18.3 Å². The zero-order chi connectivity index (χ0) is 17.9. The Balaban J connectivity index is 1.74. The van der Waals surface area contributed by atoms with Gasteiger partial charge in [0.1, 0.15) is 11.1 Å². The molecule has 0 atom stereocenters. The molecule has 2 aliphatic heterocycles. The number of carbonyl (C=O) groups is 2. The third kappa shape index (κ3) is 3.33. The van der Waals surface area contributed by atoms with Crippen molar-refractivity contribution in [3.8, 4) is 5.88 Å². The molecule has 1 aromatic heterocycles. The fourth-order valence-corrected chi connectivity index (χ4v) is 3.73. The number of likely N-dealkylation sites (tertiary alicyclic amines) is 1. The standard InChI is InChI=1S/C18H26N4O3/c1-3-25-15-14(6-4-9-19-15)16(23)22-12-7-18(8-13-22)17(24)20-10-5-11-21(18)2/h4,6,9H,3,5,7-8,10-13H2,1-2H3,(H,20,24). The van der Waals surface area contributed by atoms with E-state index in [9.17, 15) is 9.59 Å². The van der Waals surface area contributed by atoms with Gasteiger partial charge in [0.2, 0.25) is 11.8 Å². The lowest BCUT2D eigenvalue weighted by atomic mass is 9.85. The van der Waals surface area contributed by atoms with Crippen LogP contribution in [0.1, 0.15) is 36.5 Å². The number of aromatic nitrogens is 1. The molecule has 0 bridgehead atoms. The fourth-order valence-electron chi connectivity index (χ4n) is 3.73. The normalized spacial score (nSPS) is 20.9. The van der Waals surface area contributed by atoms with E-state index in [0.717, 1.165) is 19.5 Å². The van der Waals surface area contributed by atoms with Crippen molar-refractivity contribution in [2.24, 2.45) is 0 Å². The maximum absolute atomic E-state index is 12.9. The smallest absolute Gasteiger partial charge is 0.259 e. The maximum atomic E-state index is 12.9. The van der Waals surface area contributed by atoms with Gasteiger partial charge in [-0.05, 0) is 45.4 Å². The summed E-state index contributed by atoms with van der Waals surface area (Å²) in [4.78, 5) is 33.6. The van der Waals surface area contributed by atoms with Crippen LogP contribution in [-0.2, 0) is 4.79 Å². The zero-order valence-corrected chi connectivity index (χ0v) is 15.0. The number of amides is 2. The number of hydrogen-bond donors (Lipinski definition) is 1. The van der Waals surface area contributed by atoms with Gasteiger partial charge in [-0.25, -0.2) is 4.98 Å². The molecular weight excluding hydrogens is 320 g/mol. The summed E-state index contributed by atoms with van der Waals surface area (Å²) in [5.41, 5.74) is -0.00991. The van der Waals surface area contributed by atoms with Crippen LogP contribution >= 0.6 is 0 Å². The van der Waals surface area contributed by atoms with Crippen molar-refractivity contribution in [3.05, 3.63) is 23.9 Å². The van der Waals surface area contributed by atoms with E-state index in [1.165, 1.54) is 0 Å². The van der Waals surface area contributed by atoms with Gasteiger partial charge in [-0.15, -0.1) is 0 Å². The Labute approximate surface area is 148 Å². The second kappa shape index (κ2) is 7.39. The van der Waals surface area contributed by atoms with Gasteiger partial charge in [-0.1, -0.05) is 0 Å². The van der Waals surface area contributed by atoms with Crippen LogP contribution in [0.25, 0.3) is 0 Å². The Morgan fingerprint density at radius 1 is 1.36 bits per heavy atom. The zero-order valence-electron chi connectivity index (χ0n) is 15.0. The topological polar surface area (TPSA) is 74.8 Å². The second-order valence-electron chi connectivity index (χ2n) is 6.64. The third-order valence-corrected chi connectivity index (χ3v) is 5.27. The Kier molecular flexibility index (Phi) is 5.22. The van der Waals surface area contributed by atoms with Gasteiger partial charge in [0.25, 0.3) is 5.91 Å². The highest BCUT2D eigenvalue weighted by Gasteiger charge is 2.46. The third-order valence-electron chi connectivity index (χ3n) is 5.27. The van der Waals surface area contributed by atoms with Crippen molar-refractivity contribution in [3.63, 3.8) is 0 Å². The molecule has 0 aliphatic carbocycles. The first kappa shape index (κ1) is 17.7. The van der Waals surface area contributed by atoms with Gasteiger partial charge in [-0.2, -0.15) is 0 Å². The molecule has 0 aromatic carbocycles. The number of carbonyl (C=O) groups excluding carboxylic acids is 2. The summed E-state index contributed by atoms with van der Waals surface area (Å²) >= 11 is 0. The minimum Gasteiger partial charge on any atom is -0.477 e. The van der Waals surface area contributed by atoms with E-state index in [-0.39, 0.29) is 11.8 Å². The molecule has 0 radical (unpaired) electrons. The molecule has 7 heteroatoms. The summed E-state index contributed by atoms with van der Waals surface area (Å²) in [5.74, 6) is 0.388. The van der Waals surface area contributed by atoms with E-state index in [2.05, 4.69) is 15.2 Å². The first-order chi connectivity index (χ1) is 12.1. The number of nitrogens with zero attached hydrogens (tertiary/aromatic N) is 3. The molecule has 0 saturated carbocycles. The van der Waals surface area contributed by atoms with E-state index in [0.29, 0.717) is 44.0 Å². The van der Waals surface area contributed by atoms with Crippen LogP contribution in [0.4, 0.5) is 0 Å². The number of pyridine rings is 1. The van der Waals surface area contributed by atoms with E-state index < -0.39 is 5.54 Å². The van der Waals surface area contributed by atoms with Crippen LogP contribution < -0.4 is 10.1 Å². The first-order valence-electron chi connectivity index (χ1n) is 8.95. The molecule has 7 nitrogen and oxygen atoms in total. The average Bonchev–Trinajstić information content (AvgIpc) is 2.77. The lowest BCUT2D eigenvalue weighted by Crippen LogP contribution is -2.61. The van der Waals surface area contributed by atoms with Crippen LogP contribution in [0.5, 0.6) is 5.88 Å². The molecule has 1 spiro atoms. The van der Waals surface area contributed by atoms with Gasteiger partial charge in [-0.3, -0.25) is 14.5 Å². The van der Waals surface area contributed by atoms with Crippen molar-refractivity contribution < 1.29 is 14.3 Å². The van der Waals surface area contributed by atoms with Gasteiger partial charge in [0.15, 0.2) is 0 Å². The largest absolute Gasteiger partial charge is 0.477 e. The molecule has 3 rings (SSSR count). The molecule has 2 amide bonds. The number of nitrogens with one attached hydrogen (secondary N) is 1. The lowest BCUT2D eigenvalue weighted by molar-refractivity contribution is -0.134. The molecule has 1 aromatic rings. The van der Waals surface area contributed by atoms with Gasteiger partial charge in [0, 0.05) is 32.4 Å². The first-order valence-corrected chi connectivity index (χ1v) is 8.95. The lowest BCUT2D eigenvalue weighted by Gasteiger charge is -2.44. The molecule has 2 aliphatic rings. The van der Waals surface area contributed by atoms with Crippen LogP contribution in [-0.4, -0.2) is 72.0 Å². The Hall–Kier alpha value is -2.15. The number of ether oxygens (including phenoxy) is 1. The summed E-state index contributed by atoms with van der Waals surface area (Å²) in [6, 6.07) is 3.49. The number of piperidine rings is 1. The highest BCUT2D eigenvalue weighted by molar-refractivity contribution is 5.96. The highest BCUT2D eigenvalue weighted by Crippen LogP contribution is 2.31. The van der Waals surface area contributed by atoms with Crippen molar-refractivity contribution in [2.45, 2.75) is 31.7 Å². The molecule has 136 valence electrons. The molecular formula is C18H26N4O3. The van der Waals surface area contributed by atoms with Crippen molar-refractivity contribution in [1.82, 2.24) is 20.1 Å².